The van der Waals surface area contributed by atoms with Gasteiger partial charge >= 0.3 is 0 Å². The second-order valence-corrected chi connectivity index (χ2v) is 5.60. The number of methoxy groups -OCH3 is 2. The van der Waals surface area contributed by atoms with E-state index in [1.54, 1.807) is 31.3 Å². The summed E-state index contributed by atoms with van der Waals surface area (Å²) >= 11 is 0. The Bertz CT molecular complexity index is 551. The Kier molecular flexibility index (Phi) is 4.90. The van der Waals surface area contributed by atoms with Crippen LogP contribution in [0, 0.1) is 11.8 Å². The predicted molar refractivity (Wildman–Crippen MR) is 81.7 cm³/mol. The minimum atomic E-state index is -0.349. The number of carbonyl (C=O) groups is 2. The van der Waals surface area contributed by atoms with Crippen LogP contribution >= 0.6 is 0 Å². The number of carbonyl (C=O) groups excluding carboxylic acids is 2. The molecule has 0 bridgehead atoms. The zero-order valence-corrected chi connectivity index (χ0v) is 13.2. The van der Waals surface area contributed by atoms with Crippen LogP contribution in [0.25, 0.3) is 0 Å². The first-order valence-corrected chi connectivity index (χ1v) is 7.24. The lowest BCUT2D eigenvalue weighted by Crippen LogP contribution is -2.33. The number of benzene rings is 1. The number of nitrogens with zero attached hydrogens (tertiary/aromatic N) is 1. The van der Waals surface area contributed by atoms with Crippen molar-refractivity contribution < 1.29 is 19.1 Å². The van der Waals surface area contributed by atoms with Gasteiger partial charge in [-0.1, -0.05) is 13.0 Å². The summed E-state index contributed by atoms with van der Waals surface area (Å²) < 4.78 is 10.6. The number of primary amides is 1. The monoisotopic (exact) mass is 306 g/mol. The Morgan fingerprint density at radius 2 is 1.82 bits per heavy atom. The fourth-order valence-electron chi connectivity index (χ4n) is 2.91. The Labute approximate surface area is 130 Å². The molecule has 0 aromatic heterocycles. The first-order valence-electron chi connectivity index (χ1n) is 7.24. The van der Waals surface area contributed by atoms with E-state index in [2.05, 4.69) is 0 Å². The van der Waals surface area contributed by atoms with Gasteiger partial charge in [0.15, 0.2) is 0 Å². The topological polar surface area (TPSA) is 81.9 Å². The highest BCUT2D eigenvalue weighted by Crippen LogP contribution is 2.30. The first kappa shape index (κ1) is 16.1. The van der Waals surface area contributed by atoms with Crippen LogP contribution in [-0.2, 0) is 16.0 Å². The molecule has 6 heteroatoms. The summed E-state index contributed by atoms with van der Waals surface area (Å²) in [5, 5.41) is 0. The highest BCUT2D eigenvalue weighted by atomic mass is 16.5. The van der Waals surface area contributed by atoms with Gasteiger partial charge in [0.2, 0.25) is 11.8 Å². The standard InChI is InChI=1S/C16H22N2O4/c1-10-8-18(9-12(10)16(17)20)15(19)7-11-13(21-2)5-4-6-14(11)22-3/h4-6,10,12H,7-9H2,1-3H3,(H2,17,20)/t10-,12-/m1/s1. The summed E-state index contributed by atoms with van der Waals surface area (Å²) in [5.41, 5.74) is 6.09. The zero-order chi connectivity index (χ0) is 16.3. The highest BCUT2D eigenvalue weighted by Gasteiger charge is 2.36. The van der Waals surface area contributed by atoms with Crippen molar-refractivity contribution in [1.29, 1.82) is 0 Å². The number of ether oxygens (including phenoxy) is 2. The van der Waals surface area contributed by atoms with E-state index in [1.807, 2.05) is 13.0 Å². The summed E-state index contributed by atoms with van der Waals surface area (Å²) in [6.45, 7) is 2.86. The van der Waals surface area contributed by atoms with E-state index in [1.165, 1.54) is 0 Å². The molecule has 2 amide bonds. The van der Waals surface area contributed by atoms with Crippen molar-refractivity contribution in [3.8, 4) is 11.5 Å². The number of nitrogens with two attached hydrogens (primary N) is 1. The van der Waals surface area contributed by atoms with Crippen LogP contribution in [0.15, 0.2) is 18.2 Å². The first-order chi connectivity index (χ1) is 10.5. The van der Waals surface area contributed by atoms with E-state index in [0.717, 1.165) is 0 Å². The van der Waals surface area contributed by atoms with E-state index in [-0.39, 0.29) is 30.1 Å². The Hall–Kier alpha value is -2.24. The van der Waals surface area contributed by atoms with Gasteiger partial charge < -0.3 is 20.1 Å². The molecule has 2 rings (SSSR count). The van der Waals surface area contributed by atoms with Gasteiger partial charge in [-0.2, -0.15) is 0 Å². The maximum atomic E-state index is 12.5. The van der Waals surface area contributed by atoms with E-state index < -0.39 is 0 Å². The average molecular weight is 306 g/mol. The predicted octanol–water partition coefficient (Wildman–Crippen LogP) is 0.826. The van der Waals surface area contributed by atoms with Gasteiger partial charge in [0, 0.05) is 18.7 Å². The molecule has 22 heavy (non-hydrogen) atoms. The van der Waals surface area contributed by atoms with Crippen LogP contribution in [0.1, 0.15) is 12.5 Å². The summed E-state index contributed by atoms with van der Waals surface area (Å²) in [6, 6.07) is 5.40. The van der Waals surface area contributed by atoms with Crippen molar-refractivity contribution in [2.75, 3.05) is 27.3 Å². The number of likely N-dealkylation sites (tertiary alicyclic amines) is 1. The molecule has 1 fully saturated rings. The lowest BCUT2D eigenvalue weighted by atomic mass is 9.98. The molecule has 6 nitrogen and oxygen atoms in total. The minimum absolute atomic E-state index is 0.0570. The molecule has 2 atom stereocenters. The third kappa shape index (κ3) is 3.16. The van der Waals surface area contributed by atoms with E-state index in [0.29, 0.717) is 30.2 Å². The third-order valence-electron chi connectivity index (χ3n) is 4.19. The second-order valence-electron chi connectivity index (χ2n) is 5.60. The van der Waals surface area contributed by atoms with Gasteiger partial charge in [-0.25, -0.2) is 0 Å². The van der Waals surface area contributed by atoms with Crippen LogP contribution in [-0.4, -0.2) is 44.0 Å². The van der Waals surface area contributed by atoms with Crippen molar-refractivity contribution >= 4 is 11.8 Å². The Morgan fingerprint density at radius 3 is 2.27 bits per heavy atom. The smallest absolute Gasteiger partial charge is 0.227 e. The molecule has 1 heterocycles. The van der Waals surface area contributed by atoms with Gasteiger partial charge in [0.25, 0.3) is 0 Å². The summed E-state index contributed by atoms with van der Waals surface area (Å²) in [5.74, 6) is 0.637. The molecule has 0 saturated carbocycles. The molecule has 120 valence electrons. The Balaban J connectivity index is 2.15. The molecular formula is C16H22N2O4. The lowest BCUT2D eigenvalue weighted by molar-refractivity contribution is -0.129. The van der Waals surface area contributed by atoms with Crippen molar-refractivity contribution in [2.24, 2.45) is 17.6 Å². The van der Waals surface area contributed by atoms with E-state index >= 15 is 0 Å². The van der Waals surface area contributed by atoms with Gasteiger partial charge in [0.05, 0.1) is 26.6 Å². The lowest BCUT2D eigenvalue weighted by Gasteiger charge is -2.18. The SMILES string of the molecule is COc1cccc(OC)c1CC(=O)N1C[C@@H](C)[C@H](C(N)=O)C1. The maximum absolute atomic E-state index is 12.5. The van der Waals surface area contributed by atoms with Crippen LogP contribution < -0.4 is 15.2 Å². The van der Waals surface area contributed by atoms with Crippen LogP contribution in [0.2, 0.25) is 0 Å². The van der Waals surface area contributed by atoms with Gasteiger partial charge in [-0.05, 0) is 18.1 Å². The van der Waals surface area contributed by atoms with Crippen molar-refractivity contribution in [3.63, 3.8) is 0 Å². The molecule has 0 unspecified atom stereocenters. The molecule has 1 aromatic carbocycles. The summed E-state index contributed by atoms with van der Waals surface area (Å²) in [7, 11) is 3.12. The molecule has 1 aliphatic heterocycles. The second kappa shape index (κ2) is 6.68. The molecule has 0 aliphatic carbocycles. The molecule has 0 spiro atoms. The largest absolute Gasteiger partial charge is 0.496 e. The van der Waals surface area contributed by atoms with Crippen molar-refractivity contribution in [2.45, 2.75) is 13.3 Å². The van der Waals surface area contributed by atoms with E-state index in [9.17, 15) is 9.59 Å². The van der Waals surface area contributed by atoms with Gasteiger partial charge in [-0.3, -0.25) is 9.59 Å². The van der Waals surface area contributed by atoms with Crippen molar-refractivity contribution in [1.82, 2.24) is 4.90 Å². The molecule has 1 aromatic rings. The Morgan fingerprint density at radius 1 is 1.23 bits per heavy atom. The van der Waals surface area contributed by atoms with Crippen LogP contribution in [0.5, 0.6) is 11.5 Å². The molecule has 2 N–H and O–H groups in total. The molecular weight excluding hydrogens is 284 g/mol. The number of amides is 2. The number of rotatable bonds is 5. The fraction of sp³-hybridized carbons (Fsp3) is 0.500. The maximum Gasteiger partial charge on any atom is 0.227 e. The normalized spacial score (nSPS) is 20.8. The molecule has 1 aliphatic rings. The van der Waals surface area contributed by atoms with Crippen molar-refractivity contribution in [3.05, 3.63) is 23.8 Å². The van der Waals surface area contributed by atoms with Gasteiger partial charge in [0.1, 0.15) is 11.5 Å². The third-order valence-corrected chi connectivity index (χ3v) is 4.19. The van der Waals surface area contributed by atoms with Crippen LogP contribution in [0.3, 0.4) is 0 Å². The fourth-order valence-corrected chi connectivity index (χ4v) is 2.91. The highest BCUT2D eigenvalue weighted by molar-refractivity contribution is 5.83. The summed E-state index contributed by atoms with van der Waals surface area (Å²) in [6.07, 6.45) is 0.172. The summed E-state index contributed by atoms with van der Waals surface area (Å²) in [4.78, 5) is 25.6. The molecule has 1 saturated heterocycles. The number of hydrogen-bond acceptors (Lipinski definition) is 4. The number of hydrogen-bond donors (Lipinski definition) is 1. The van der Waals surface area contributed by atoms with Crippen LogP contribution in [0.4, 0.5) is 0 Å². The molecule has 0 radical (unpaired) electrons. The average Bonchev–Trinajstić information content (AvgIpc) is 2.89. The quantitative estimate of drug-likeness (QED) is 0.873. The zero-order valence-electron chi connectivity index (χ0n) is 13.2. The van der Waals surface area contributed by atoms with Gasteiger partial charge in [-0.15, -0.1) is 0 Å². The minimum Gasteiger partial charge on any atom is -0.496 e. The van der Waals surface area contributed by atoms with E-state index in [4.69, 9.17) is 15.2 Å².